The van der Waals surface area contributed by atoms with Crippen molar-refractivity contribution in [2.24, 2.45) is 0 Å². The minimum atomic E-state index is 0.560. The second-order valence-corrected chi connectivity index (χ2v) is 3.82. The van der Waals surface area contributed by atoms with Crippen molar-refractivity contribution in [2.45, 2.75) is 27.3 Å². The van der Waals surface area contributed by atoms with Crippen LogP contribution in [0, 0.1) is 20.8 Å². The average molecular weight is 217 g/mol. The van der Waals surface area contributed by atoms with Crippen LogP contribution in [0.1, 0.15) is 22.9 Å². The number of oxazole rings is 1. The smallest absolute Gasteiger partial charge is 0.213 e. The normalized spacial score (nSPS) is 10.4. The van der Waals surface area contributed by atoms with Gasteiger partial charge in [0, 0.05) is 6.20 Å². The molecule has 4 heteroatoms. The molecule has 84 valence electrons. The average Bonchev–Trinajstić information content (AvgIpc) is 2.58. The largest absolute Gasteiger partial charge is 0.444 e. The van der Waals surface area contributed by atoms with Crippen molar-refractivity contribution >= 4 is 5.82 Å². The van der Waals surface area contributed by atoms with Gasteiger partial charge >= 0.3 is 0 Å². The highest BCUT2D eigenvalue weighted by Gasteiger charge is 2.04. The highest BCUT2D eigenvalue weighted by Crippen LogP contribution is 2.10. The van der Waals surface area contributed by atoms with Gasteiger partial charge in [0.25, 0.3) is 0 Å². The van der Waals surface area contributed by atoms with Gasteiger partial charge in [-0.25, -0.2) is 9.97 Å². The zero-order valence-electron chi connectivity index (χ0n) is 9.74. The molecule has 0 fully saturated rings. The Morgan fingerprint density at radius 2 is 2.06 bits per heavy atom. The van der Waals surface area contributed by atoms with Gasteiger partial charge in [-0.3, -0.25) is 0 Å². The lowest BCUT2D eigenvalue weighted by Crippen LogP contribution is -2.01. The third-order valence-electron chi connectivity index (χ3n) is 2.40. The van der Waals surface area contributed by atoms with Gasteiger partial charge < -0.3 is 9.73 Å². The molecular formula is C12H15N3O. The molecule has 2 heterocycles. The molecular weight excluding hydrogens is 202 g/mol. The van der Waals surface area contributed by atoms with Crippen LogP contribution in [0.25, 0.3) is 0 Å². The molecule has 0 spiro atoms. The Labute approximate surface area is 94.7 Å². The van der Waals surface area contributed by atoms with Crippen LogP contribution in [0.2, 0.25) is 0 Å². The molecule has 2 aromatic rings. The summed E-state index contributed by atoms with van der Waals surface area (Å²) in [6.07, 6.45) is 1.83. The molecule has 0 aliphatic heterocycles. The van der Waals surface area contributed by atoms with Gasteiger partial charge in [-0.1, -0.05) is 6.07 Å². The van der Waals surface area contributed by atoms with Crippen molar-refractivity contribution in [1.82, 2.24) is 9.97 Å². The monoisotopic (exact) mass is 217 g/mol. The predicted octanol–water partition coefficient (Wildman–Crippen LogP) is 2.61. The first-order valence-corrected chi connectivity index (χ1v) is 5.24. The number of nitrogens with one attached hydrogen (secondary N) is 1. The first-order valence-electron chi connectivity index (χ1n) is 5.24. The summed E-state index contributed by atoms with van der Waals surface area (Å²) < 4.78 is 5.46. The number of aryl methyl sites for hydroxylation is 3. The quantitative estimate of drug-likeness (QED) is 0.858. The summed E-state index contributed by atoms with van der Waals surface area (Å²) >= 11 is 0. The first kappa shape index (κ1) is 10.7. The topological polar surface area (TPSA) is 51.0 Å². The minimum Gasteiger partial charge on any atom is -0.444 e. The Bertz CT molecular complexity index is 454. The highest BCUT2D eigenvalue weighted by atomic mass is 16.4. The third-order valence-corrected chi connectivity index (χ3v) is 2.40. The number of nitrogens with zero attached hydrogens (tertiary/aromatic N) is 2. The second-order valence-electron chi connectivity index (χ2n) is 3.82. The van der Waals surface area contributed by atoms with Gasteiger partial charge in [-0.2, -0.15) is 0 Å². The molecule has 2 rings (SSSR count). The maximum atomic E-state index is 5.46. The van der Waals surface area contributed by atoms with Crippen LogP contribution in [-0.2, 0) is 6.54 Å². The van der Waals surface area contributed by atoms with Crippen molar-refractivity contribution in [1.29, 1.82) is 0 Å². The second kappa shape index (κ2) is 4.35. The van der Waals surface area contributed by atoms with Gasteiger partial charge in [0.1, 0.15) is 11.6 Å². The summed E-state index contributed by atoms with van der Waals surface area (Å²) in [5, 5.41) is 3.16. The Hall–Kier alpha value is -1.84. The fourth-order valence-electron chi connectivity index (χ4n) is 1.35. The van der Waals surface area contributed by atoms with Crippen LogP contribution >= 0.6 is 0 Å². The van der Waals surface area contributed by atoms with E-state index in [1.807, 2.05) is 39.1 Å². The van der Waals surface area contributed by atoms with Gasteiger partial charge in [-0.05, 0) is 32.4 Å². The number of hydrogen-bond acceptors (Lipinski definition) is 4. The molecule has 0 aromatic carbocycles. The fourth-order valence-corrected chi connectivity index (χ4v) is 1.35. The van der Waals surface area contributed by atoms with Crippen molar-refractivity contribution in [3.05, 3.63) is 41.2 Å². The van der Waals surface area contributed by atoms with Crippen LogP contribution in [0.5, 0.6) is 0 Å². The van der Waals surface area contributed by atoms with Gasteiger partial charge in [-0.15, -0.1) is 0 Å². The molecule has 0 atom stereocenters. The highest BCUT2D eigenvalue weighted by molar-refractivity contribution is 5.35. The molecule has 16 heavy (non-hydrogen) atoms. The predicted molar refractivity (Wildman–Crippen MR) is 62.3 cm³/mol. The Morgan fingerprint density at radius 1 is 1.25 bits per heavy atom. The Morgan fingerprint density at radius 3 is 2.62 bits per heavy atom. The van der Waals surface area contributed by atoms with E-state index in [4.69, 9.17) is 4.42 Å². The fraction of sp³-hybridized carbons (Fsp3) is 0.333. The summed E-state index contributed by atoms with van der Waals surface area (Å²) in [4.78, 5) is 8.53. The van der Waals surface area contributed by atoms with Crippen LogP contribution in [0.15, 0.2) is 22.7 Å². The van der Waals surface area contributed by atoms with Crippen molar-refractivity contribution in [3.8, 4) is 0 Å². The standard InChI is InChI=1S/C12H15N3O/c1-8-4-5-11(13-6-8)14-7-12-15-9(2)10(3)16-12/h4-6H,7H2,1-3H3,(H,13,14). The van der Waals surface area contributed by atoms with Gasteiger partial charge in [0.2, 0.25) is 5.89 Å². The number of hydrogen-bond donors (Lipinski definition) is 1. The zero-order chi connectivity index (χ0) is 11.5. The SMILES string of the molecule is Cc1ccc(NCc2nc(C)c(C)o2)nc1. The van der Waals surface area contributed by atoms with E-state index in [-0.39, 0.29) is 0 Å². The Balaban J connectivity index is 1.99. The Kier molecular flexibility index (Phi) is 2.90. The molecule has 0 aliphatic rings. The van der Waals surface area contributed by atoms with E-state index in [0.29, 0.717) is 12.4 Å². The van der Waals surface area contributed by atoms with Gasteiger partial charge in [0.15, 0.2) is 0 Å². The van der Waals surface area contributed by atoms with Crippen LogP contribution in [0.3, 0.4) is 0 Å². The van der Waals surface area contributed by atoms with Crippen molar-refractivity contribution in [2.75, 3.05) is 5.32 Å². The lowest BCUT2D eigenvalue weighted by Gasteiger charge is -2.02. The van der Waals surface area contributed by atoms with Crippen LogP contribution in [-0.4, -0.2) is 9.97 Å². The number of pyridine rings is 1. The number of aromatic nitrogens is 2. The molecule has 0 saturated carbocycles. The summed E-state index contributed by atoms with van der Waals surface area (Å²) in [6.45, 7) is 6.42. The van der Waals surface area contributed by atoms with Crippen LogP contribution < -0.4 is 5.32 Å². The van der Waals surface area contributed by atoms with E-state index in [0.717, 1.165) is 22.8 Å². The minimum absolute atomic E-state index is 0.560. The van der Waals surface area contributed by atoms with E-state index in [1.165, 1.54) is 0 Å². The van der Waals surface area contributed by atoms with E-state index >= 15 is 0 Å². The maximum Gasteiger partial charge on any atom is 0.213 e. The van der Waals surface area contributed by atoms with E-state index < -0.39 is 0 Å². The van der Waals surface area contributed by atoms with Crippen molar-refractivity contribution < 1.29 is 4.42 Å². The summed E-state index contributed by atoms with van der Waals surface area (Å²) in [6, 6.07) is 3.96. The molecule has 0 bridgehead atoms. The molecule has 0 amide bonds. The van der Waals surface area contributed by atoms with E-state index in [9.17, 15) is 0 Å². The number of anilines is 1. The molecule has 2 aromatic heterocycles. The molecule has 0 saturated heterocycles. The van der Waals surface area contributed by atoms with E-state index in [2.05, 4.69) is 15.3 Å². The molecule has 0 radical (unpaired) electrons. The van der Waals surface area contributed by atoms with Crippen LogP contribution in [0.4, 0.5) is 5.82 Å². The summed E-state index contributed by atoms with van der Waals surface area (Å²) in [5.41, 5.74) is 2.09. The molecule has 4 nitrogen and oxygen atoms in total. The molecule has 1 N–H and O–H groups in total. The number of rotatable bonds is 3. The summed E-state index contributed by atoms with van der Waals surface area (Å²) in [7, 11) is 0. The third kappa shape index (κ3) is 2.39. The zero-order valence-corrected chi connectivity index (χ0v) is 9.74. The van der Waals surface area contributed by atoms with Gasteiger partial charge in [0.05, 0.1) is 12.2 Å². The maximum absolute atomic E-state index is 5.46. The van der Waals surface area contributed by atoms with Crippen molar-refractivity contribution in [3.63, 3.8) is 0 Å². The summed E-state index contributed by atoms with van der Waals surface area (Å²) in [5.74, 6) is 2.39. The molecule has 0 unspecified atom stereocenters. The lowest BCUT2D eigenvalue weighted by atomic mass is 10.3. The first-order chi connectivity index (χ1) is 7.65. The van der Waals surface area contributed by atoms with E-state index in [1.54, 1.807) is 0 Å². The molecule has 0 aliphatic carbocycles. The lowest BCUT2D eigenvalue weighted by molar-refractivity contribution is 0.478.